The van der Waals surface area contributed by atoms with E-state index < -0.39 is 16.9 Å². The first-order valence-electron chi connectivity index (χ1n) is 6.65. The van der Waals surface area contributed by atoms with E-state index in [9.17, 15) is 14.9 Å². The molecule has 0 amide bonds. The molecular weight excluding hydrogens is 276 g/mol. The van der Waals surface area contributed by atoms with Crippen molar-refractivity contribution in [3.05, 3.63) is 28.3 Å². The number of methoxy groups -OCH3 is 1. The Hall–Kier alpha value is -2.31. The number of nitro groups is 1. The number of esters is 1. The summed E-state index contributed by atoms with van der Waals surface area (Å²) in [6.45, 7) is 5.90. The van der Waals surface area contributed by atoms with Crippen LogP contribution in [0.3, 0.4) is 0 Å². The number of ether oxygens (including phenoxy) is 2. The van der Waals surface area contributed by atoms with Gasteiger partial charge in [-0.3, -0.25) is 10.1 Å². The first-order chi connectivity index (χ1) is 9.88. The van der Waals surface area contributed by atoms with Crippen LogP contribution in [0.25, 0.3) is 0 Å². The van der Waals surface area contributed by atoms with E-state index >= 15 is 0 Å². The van der Waals surface area contributed by atoms with E-state index in [1.54, 1.807) is 13.0 Å². The van der Waals surface area contributed by atoms with Gasteiger partial charge in [0.15, 0.2) is 0 Å². The Balaban J connectivity index is 3.09. The Labute approximate surface area is 123 Å². The highest BCUT2D eigenvalue weighted by atomic mass is 16.6. The molecule has 0 saturated carbocycles. The minimum absolute atomic E-state index is 0.0349. The fourth-order valence-corrected chi connectivity index (χ4v) is 1.83. The van der Waals surface area contributed by atoms with Gasteiger partial charge in [-0.05, 0) is 12.8 Å². The van der Waals surface area contributed by atoms with Crippen LogP contribution in [0.4, 0.5) is 11.4 Å². The fourth-order valence-electron chi connectivity index (χ4n) is 1.83. The predicted octanol–water partition coefficient (Wildman–Crippen LogP) is 2.60. The van der Waals surface area contributed by atoms with Crippen molar-refractivity contribution < 1.29 is 19.2 Å². The monoisotopic (exact) mass is 296 g/mol. The highest BCUT2D eigenvalue weighted by Gasteiger charge is 2.23. The second-order valence-corrected chi connectivity index (χ2v) is 4.79. The standard InChI is InChI=1S/C14H20N2O5/c1-5-21-12-7-10(6-11(8-12)16(18)19)15-13(9(2)3)14(17)20-4/h6-9,13,15H,5H2,1-4H3. The lowest BCUT2D eigenvalue weighted by Crippen LogP contribution is -2.35. The molecule has 0 aliphatic carbocycles. The largest absolute Gasteiger partial charge is 0.494 e. The Morgan fingerprint density at radius 2 is 2.05 bits per heavy atom. The summed E-state index contributed by atoms with van der Waals surface area (Å²) in [5, 5.41) is 13.9. The first-order valence-corrected chi connectivity index (χ1v) is 6.65. The van der Waals surface area contributed by atoms with Gasteiger partial charge in [0.1, 0.15) is 11.8 Å². The van der Waals surface area contributed by atoms with Crippen LogP contribution in [0.5, 0.6) is 5.75 Å². The average molecular weight is 296 g/mol. The maximum atomic E-state index is 11.7. The van der Waals surface area contributed by atoms with Crippen molar-refractivity contribution in [1.82, 2.24) is 0 Å². The number of nitrogens with zero attached hydrogens (tertiary/aromatic N) is 1. The topological polar surface area (TPSA) is 90.7 Å². The molecule has 0 aliphatic rings. The van der Waals surface area contributed by atoms with Gasteiger partial charge < -0.3 is 14.8 Å². The van der Waals surface area contributed by atoms with Crippen LogP contribution in [-0.4, -0.2) is 30.7 Å². The first kappa shape index (κ1) is 16.7. The van der Waals surface area contributed by atoms with Gasteiger partial charge >= 0.3 is 5.97 Å². The van der Waals surface area contributed by atoms with Crippen LogP contribution < -0.4 is 10.1 Å². The molecule has 1 N–H and O–H groups in total. The summed E-state index contributed by atoms with van der Waals surface area (Å²) < 4.78 is 10.0. The van der Waals surface area contributed by atoms with Crippen molar-refractivity contribution in [2.45, 2.75) is 26.8 Å². The number of nitro benzene ring substituents is 1. The number of non-ortho nitro benzene ring substituents is 1. The molecule has 0 heterocycles. The Kier molecular flexibility index (Phi) is 5.95. The van der Waals surface area contributed by atoms with Gasteiger partial charge in [-0.1, -0.05) is 13.8 Å². The summed E-state index contributed by atoms with van der Waals surface area (Å²) in [5.41, 5.74) is 0.340. The third-order valence-electron chi connectivity index (χ3n) is 2.86. The van der Waals surface area contributed by atoms with E-state index in [4.69, 9.17) is 9.47 Å². The molecule has 1 unspecified atom stereocenters. The molecular formula is C14H20N2O5. The van der Waals surface area contributed by atoms with Crippen LogP contribution in [0.15, 0.2) is 18.2 Å². The minimum Gasteiger partial charge on any atom is -0.494 e. The van der Waals surface area contributed by atoms with Crippen molar-refractivity contribution in [1.29, 1.82) is 0 Å². The predicted molar refractivity (Wildman–Crippen MR) is 78.5 cm³/mol. The highest BCUT2D eigenvalue weighted by Crippen LogP contribution is 2.27. The number of carbonyl (C=O) groups excluding carboxylic acids is 1. The molecule has 1 aromatic rings. The molecule has 0 radical (unpaired) electrons. The van der Waals surface area contributed by atoms with E-state index in [0.29, 0.717) is 18.0 Å². The lowest BCUT2D eigenvalue weighted by atomic mass is 10.0. The van der Waals surface area contributed by atoms with Crippen LogP contribution in [0, 0.1) is 16.0 Å². The Morgan fingerprint density at radius 1 is 1.38 bits per heavy atom. The number of nitrogens with one attached hydrogen (secondary N) is 1. The van der Waals surface area contributed by atoms with Crippen LogP contribution >= 0.6 is 0 Å². The van der Waals surface area contributed by atoms with Crippen molar-refractivity contribution >= 4 is 17.3 Å². The van der Waals surface area contributed by atoms with Crippen molar-refractivity contribution in [2.75, 3.05) is 19.0 Å². The smallest absolute Gasteiger partial charge is 0.328 e. The Morgan fingerprint density at radius 3 is 2.52 bits per heavy atom. The van der Waals surface area contributed by atoms with Crippen LogP contribution in [0.1, 0.15) is 20.8 Å². The zero-order valence-corrected chi connectivity index (χ0v) is 12.6. The third kappa shape index (κ3) is 4.62. The van der Waals surface area contributed by atoms with E-state index in [0.717, 1.165) is 0 Å². The van der Waals surface area contributed by atoms with E-state index in [-0.39, 0.29) is 11.6 Å². The molecule has 0 bridgehead atoms. The number of hydrogen-bond donors (Lipinski definition) is 1. The number of carbonyl (C=O) groups is 1. The lowest BCUT2D eigenvalue weighted by molar-refractivity contribution is -0.384. The zero-order chi connectivity index (χ0) is 16.0. The van der Waals surface area contributed by atoms with Gasteiger partial charge in [-0.25, -0.2) is 4.79 Å². The lowest BCUT2D eigenvalue weighted by Gasteiger charge is -2.21. The normalized spacial score (nSPS) is 11.9. The molecule has 0 fully saturated rings. The molecule has 1 aromatic carbocycles. The van der Waals surface area contributed by atoms with Crippen LogP contribution in [0.2, 0.25) is 0 Å². The maximum Gasteiger partial charge on any atom is 0.328 e. The number of benzene rings is 1. The highest BCUT2D eigenvalue weighted by molar-refractivity contribution is 5.80. The SMILES string of the molecule is CCOc1cc(NC(C(=O)OC)C(C)C)cc([N+](=O)[O-])c1. The molecule has 21 heavy (non-hydrogen) atoms. The summed E-state index contributed by atoms with van der Waals surface area (Å²) >= 11 is 0. The summed E-state index contributed by atoms with van der Waals surface area (Å²) in [4.78, 5) is 22.2. The van der Waals surface area contributed by atoms with Crippen LogP contribution in [-0.2, 0) is 9.53 Å². The second-order valence-electron chi connectivity index (χ2n) is 4.79. The molecule has 0 aliphatic heterocycles. The van der Waals surface area contributed by atoms with E-state index in [1.165, 1.54) is 19.2 Å². The molecule has 116 valence electrons. The zero-order valence-electron chi connectivity index (χ0n) is 12.6. The van der Waals surface area contributed by atoms with Crippen molar-refractivity contribution in [3.63, 3.8) is 0 Å². The fraction of sp³-hybridized carbons (Fsp3) is 0.500. The summed E-state index contributed by atoms with van der Waals surface area (Å²) in [6.07, 6.45) is 0. The van der Waals surface area contributed by atoms with E-state index in [2.05, 4.69) is 5.32 Å². The molecule has 7 nitrogen and oxygen atoms in total. The van der Waals surface area contributed by atoms with Gasteiger partial charge in [0.05, 0.1) is 24.7 Å². The molecule has 1 atom stereocenters. The molecule has 0 aromatic heterocycles. The van der Waals surface area contributed by atoms with Gasteiger partial charge in [0, 0.05) is 17.8 Å². The quantitative estimate of drug-likeness (QED) is 0.472. The number of hydrogen-bond acceptors (Lipinski definition) is 6. The van der Waals surface area contributed by atoms with Gasteiger partial charge in [0.25, 0.3) is 5.69 Å². The summed E-state index contributed by atoms with van der Waals surface area (Å²) in [7, 11) is 1.30. The number of anilines is 1. The maximum absolute atomic E-state index is 11.7. The molecule has 0 spiro atoms. The molecule has 7 heteroatoms. The second kappa shape index (κ2) is 7.47. The molecule has 0 saturated heterocycles. The summed E-state index contributed by atoms with van der Waals surface area (Å²) in [6, 6.07) is 3.74. The van der Waals surface area contributed by atoms with Crippen molar-refractivity contribution in [2.24, 2.45) is 5.92 Å². The Bertz CT molecular complexity index is 516. The number of rotatable bonds is 7. The summed E-state index contributed by atoms with van der Waals surface area (Å²) in [5.74, 6) is -0.0803. The minimum atomic E-state index is -0.591. The van der Waals surface area contributed by atoms with Gasteiger partial charge in [-0.2, -0.15) is 0 Å². The third-order valence-corrected chi connectivity index (χ3v) is 2.86. The van der Waals surface area contributed by atoms with Crippen molar-refractivity contribution in [3.8, 4) is 5.75 Å². The van der Waals surface area contributed by atoms with Gasteiger partial charge in [0.2, 0.25) is 0 Å². The average Bonchev–Trinajstić information content (AvgIpc) is 2.43. The van der Waals surface area contributed by atoms with Gasteiger partial charge in [-0.15, -0.1) is 0 Å². The van der Waals surface area contributed by atoms with E-state index in [1.807, 2.05) is 13.8 Å². The molecule has 1 rings (SSSR count).